The van der Waals surface area contributed by atoms with Gasteiger partial charge in [-0.05, 0) is 32.4 Å². The predicted octanol–water partition coefficient (Wildman–Crippen LogP) is 2.78. The zero-order chi connectivity index (χ0) is 19.2. The Kier molecular flexibility index (Phi) is 6.34. The van der Waals surface area contributed by atoms with Crippen molar-refractivity contribution >= 4 is 11.9 Å². The zero-order valence-electron chi connectivity index (χ0n) is 15.9. The summed E-state index contributed by atoms with van der Waals surface area (Å²) >= 11 is 0. The highest BCUT2D eigenvalue weighted by atomic mass is 19.1. The molecular formula is C20H26FN5O. The number of rotatable bonds is 6. The molecule has 144 valence electrons. The highest BCUT2D eigenvalue weighted by Crippen LogP contribution is 2.20. The van der Waals surface area contributed by atoms with Gasteiger partial charge in [0.1, 0.15) is 5.82 Å². The minimum Gasteiger partial charge on any atom is -0.355 e. The number of amides is 1. The van der Waals surface area contributed by atoms with Crippen LogP contribution in [0, 0.1) is 5.82 Å². The fourth-order valence-corrected chi connectivity index (χ4v) is 3.42. The van der Waals surface area contributed by atoms with Gasteiger partial charge in [-0.2, -0.15) is 0 Å². The lowest BCUT2D eigenvalue weighted by Crippen LogP contribution is -2.48. The summed E-state index contributed by atoms with van der Waals surface area (Å²) in [4.78, 5) is 25.1. The Hall–Kier alpha value is -2.54. The molecule has 1 unspecified atom stereocenters. The summed E-state index contributed by atoms with van der Waals surface area (Å²) in [5.74, 6) is 0.253. The van der Waals surface area contributed by atoms with Crippen LogP contribution < -0.4 is 5.32 Å². The first-order valence-corrected chi connectivity index (χ1v) is 9.37. The van der Waals surface area contributed by atoms with Crippen molar-refractivity contribution in [2.75, 3.05) is 32.0 Å². The summed E-state index contributed by atoms with van der Waals surface area (Å²) in [7, 11) is 1.82. The molecule has 1 aliphatic heterocycles. The van der Waals surface area contributed by atoms with Crippen molar-refractivity contribution in [2.24, 2.45) is 0 Å². The van der Waals surface area contributed by atoms with Crippen LogP contribution >= 0.6 is 0 Å². The summed E-state index contributed by atoms with van der Waals surface area (Å²) in [6.07, 6.45) is 5.03. The maximum absolute atomic E-state index is 13.9. The van der Waals surface area contributed by atoms with Gasteiger partial charge in [-0.1, -0.05) is 18.2 Å². The second kappa shape index (κ2) is 8.90. The first-order valence-electron chi connectivity index (χ1n) is 9.37. The van der Waals surface area contributed by atoms with Crippen LogP contribution in [0.2, 0.25) is 0 Å². The van der Waals surface area contributed by atoms with E-state index >= 15 is 0 Å². The van der Waals surface area contributed by atoms with Crippen molar-refractivity contribution in [3.05, 3.63) is 53.6 Å². The number of anilines is 1. The maximum atomic E-state index is 13.9. The van der Waals surface area contributed by atoms with E-state index in [2.05, 4.69) is 20.2 Å². The molecule has 6 nitrogen and oxygen atoms in total. The van der Waals surface area contributed by atoms with Crippen molar-refractivity contribution < 1.29 is 9.18 Å². The van der Waals surface area contributed by atoms with Crippen LogP contribution in [0.25, 0.3) is 0 Å². The van der Waals surface area contributed by atoms with Crippen molar-refractivity contribution in [3.63, 3.8) is 0 Å². The van der Waals surface area contributed by atoms with Gasteiger partial charge in [0.05, 0.1) is 5.56 Å². The first-order chi connectivity index (χ1) is 13.1. The van der Waals surface area contributed by atoms with Crippen LogP contribution in [0.1, 0.15) is 35.7 Å². The quantitative estimate of drug-likeness (QED) is 0.846. The number of nitrogens with one attached hydrogen (secondary N) is 1. The molecule has 1 N–H and O–H groups in total. The minimum absolute atomic E-state index is 0.0872. The Morgan fingerprint density at radius 3 is 2.78 bits per heavy atom. The van der Waals surface area contributed by atoms with E-state index in [9.17, 15) is 9.18 Å². The van der Waals surface area contributed by atoms with Crippen molar-refractivity contribution in [3.8, 4) is 0 Å². The molecule has 1 saturated heterocycles. The van der Waals surface area contributed by atoms with Crippen LogP contribution in [0.5, 0.6) is 0 Å². The normalized spacial score (nSPS) is 17.5. The number of hydrogen-bond acceptors (Lipinski definition) is 5. The number of halogens is 1. The van der Waals surface area contributed by atoms with Crippen molar-refractivity contribution in [2.45, 2.75) is 32.4 Å². The second-order valence-corrected chi connectivity index (χ2v) is 6.86. The molecule has 0 saturated carbocycles. The minimum atomic E-state index is -0.179. The molecule has 0 aliphatic carbocycles. The molecule has 1 fully saturated rings. The van der Waals surface area contributed by atoms with Crippen molar-refractivity contribution in [1.29, 1.82) is 0 Å². The molecule has 0 spiro atoms. The molecule has 27 heavy (non-hydrogen) atoms. The summed E-state index contributed by atoms with van der Waals surface area (Å²) in [6, 6.07) is 6.95. The Morgan fingerprint density at radius 2 is 2.07 bits per heavy atom. The summed E-state index contributed by atoms with van der Waals surface area (Å²) < 4.78 is 13.9. The topological polar surface area (TPSA) is 61.4 Å². The molecule has 7 heteroatoms. The second-order valence-electron chi connectivity index (χ2n) is 6.86. The number of nitrogens with zero attached hydrogens (tertiary/aromatic N) is 4. The van der Waals surface area contributed by atoms with E-state index in [0.29, 0.717) is 23.6 Å². The first kappa shape index (κ1) is 19.2. The number of likely N-dealkylation sites (N-methyl/N-ethyl adjacent to an activating group) is 1. The van der Waals surface area contributed by atoms with Gasteiger partial charge in [0.25, 0.3) is 5.91 Å². The third kappa shape index (κ3) is 4.80. The highest BCUT2D eigenvalue weighted by molar-refractivity contribution is 5.93. The largest absolute Gasteiger partial charge is 0.355 e. The lowest BCUT2D eigenvalue weighted by Gasteiger charge is -2.37. The van der Waals surface area contributed by atoms with E-state index in [1.165, 1.54) is 6.07 Å². The van der Waals surface area contributed by atoms with E-state index < -0.39 is 0 Å². The molecule has 3 rings (SSSR count). The molecule has 1 atom stereocenters. The van der Waals surface area contributed by atoms with Gasteiger partial charge in [-0.15, -0.1) is 0 Å². The number of aromatic nitrogens is 2. The van der Waals surface area contributed by atoms with Crippen LogP contribution in [-0.4, -0.2) is 58.4 Å². The third-order valence-corrected chi connectivity index (χ3v) is 4.93. The molecular weight excluding hydrogens is 345 g/mol. The molecule has 1 aromatic carbocycles. The smallest absolute Gasteiger partial charge is 0.257 e. The van der Waals surface area contributed by atoms with E-state index in [-0.39, 0.29) is 17.8 Å². The van der Waals surface area contributed by atoms with Gasteiger partial charge in [0.2, 0.25) is 5.95 Å². The van der Waals surface area contributed by atoms with E-state index in [4.69, 9.17) is 0 Å². The van der Waals surface area contributed by atoms with Gasteiger partial charge in [0, 0.05) is 50.7 Å². The predicted molar refractivity (Wildman–Crippen MR) is 103 cm³/mol. The van der Waals surface area contributed by atoms with E-state index in [1.54, 1.807) is 23.4 Å². The SMILES string of the molecule is CCNc1ncc(C(=O)N(C)C2CCCN(Cc3ccccc3F)C2)cn1. The lowest BCUT2D eigenvalue weighted by atomic mass is 10.0. The van der Waals surface area contributed by atoms with Crippen LogP contribution in [0.3, 0.4) is 0 Å². The van der Waals surface area contributed by atoms with Crippen LogP contribution in [0.4, 0.5) is 10.3 Å². The van der Waals surface area contributed by atoms with E-state index in [1.807, 2.05) is 26.1 Å². The molecule has 0 bridgehead atoms. The Morgan fingerprint density at radius 1 is 1.33 bits per heavy atom. The molecule has 1 aliphatic rings. The average molecular weight is 371 g/mol. The molecule has 1 amide bonds. The molecule has 1 aromatic heterocycles. The number of carbonyl (C=O) groups excluding carboxylic acids is 1. The van der Waals surface area contributed by atoms with Crippen LogP contribution in [0.15, 0.2) is 36.7 Å². The Balaban J connectivity index is 1.62. The monoisotopic (exact) mass is 371 g/mol. The van der Waals surface area contributed by atoms with Gasteiger partial charge < -0.3 is 10.2 Å². The van der Waals surface area contributed by atoms with Crippen LogP contribution in [-0.2, 0) is 6.54 Å². The maximum Gasteiger partial charge on any atom is 0.257 e. The standard InChI is InChI=1S/C20H26FN5O/c1-3-22-20-23-11-16(12-24-20)19(27)25(2)17-8-6-10-26(14-17)13-15-7-4-5-9-18(15)21/h4-5,7,9,11-12,17H,3,6,8,10,13-14H2,1-2H3,(H,22,23,24). The number of hydrogen-bond donors (Lipinski definition) is 1. The molecule has 2 heterocycles. The van der Waals surface area contributed by atoms with Gasteiger partial charge >= 0.3 is 0 Å². The number of benzene rings is 1. The lowest BCUT2D eigenvalue weighted by molar-refractivity contribution is 0.0607. The molecule has 2 aromatic rings. The number of carbonyl (C=O) groups is 1. The van der Waals surface area contributed by atoms with Gasteiger partial charge in [0.15, 0.2) is 0 Å². The average Bonchev–Trinajstić information content (AvgIpc) is 2.70. The fourth-order valence-electron chi connectivity index (χ4n) is 3.42. The Labute approximate surface area is 159 Å². The van der Waals surface area contributed by atoms with Gasteiger partial charge in [-0.3, -0.25) is 9.69 Å². The summed E-state index contributed by atoms with van der Waals surface area (Å²) in [5.41, 5.74) is 1.17. The molecule has 0 radical (unpaired) electrons. The Bertz CT molecular complexity index is 767. The van der Waals surface area contributed by atoms with Crippen molar-refractivity contribution in [1.82, 2.24) is 19.8 Å². The zero-order valence-corrected chi connectivity index (χ0v) is 15.9. The summed E-state index contributed by atoms with van der Waals surface area (Å²) in [5, 5.41) is 3.02. The number of piperidine rings is 1. The fraction of sp³-hybridized carbons (Fsp3) is 0.450. The number of likely N-dealkylation sites (tertiary alicyclic amines) is 1. The highest BCUT2D eigenvalue weighted by Gasteiger charge is 2.27. The summed E-state index contributed by atoms with van der Waals surface area (Å²) in [6.45, 7) is 4.89. The third-order valence-electron chi connectivity index (χ3n) is 4.93. The van der Waals surface area contributed by atoms with Gasteiger partial charge in [-0.25, -0.2) is 14.4 Å². The van der Waals surface area contributed by atoms with E-state index in [0.717, 1.165) is 32.5 Å².